The number of nitrogens with zero attached hydrogens (tertiary/aromatic N) is 1. The van der Waals surface area contributed by atoms with Crippen molar-refractivity contribution in [2.45, 2.75) is 22.7 Å². The summed E-state index contributed by atoms with van der Waals surface area (Å²) in [4.78, 5) is 51.0. The van der Waals surface area contributed by atoms with Crippen LogP contribution in [0.5, 0.6) is 0 Å². The molecule has 3 unspecified atom stereocenters. The zero-order chi connectivity index (χ0) is 22.4. The number of carbonyl (C=O) groups excluding carboxylic acids is 3. The number of carbonyl (C=O) groups is 3. The van der Waals surface area contributed by atoms with Gasteiger partial charge in [0.05, 0.1) is 10.9 Å². The highest BCUT2D eigenvalue weighted by molar-refractivity contribution is 8.00. The van der Waals surface area contributed by atoms with Crippen LogP contribution in [-0.2, 0) is 20.9 Å². The fourth-order valence-electron chi connectivity index (χ4n) is 4.07. The largest absolute Gasteiger partial charge is 0.325 e. The summed E-state index contributed by atoms with van der Waals surface area (Å²) in [6, 6.07) is 16.0. The topological polar surface area (TPSA) is 97.3 Å². The van der Waals surface area contributed by atoms with Crippen molar-refractivity contribution < 1.29 is 14.4 Å². The SMILES string of the molecule is O=C(Cn1c2c(sc1=O)C(c1ccccc1)C1C(=O)NC(=O)C1S2)Nc1ccc(Cl)cc1. The van der Waals surface area contributed by atoms with Crippen molar-refractivity contribution in [2.75, 3.05) is 5.32 Å². The molecule has 5 rings (SSSR count). The molecule has 3 aromatic rings. The summed E-state index contributed by atoms with van der Waals surface area (Å²) in [7, 11) is 0. The number of rotatable bonds is 4. The van der Waals surface area contributed by atoms with Crippen LogP contribution in [0.15, 0.2) is 64.4 Å². The lowest BCUT2D eigenvalue weighted by Crippen LogP contribution is -2.32. The molecule has 2 aromatic carbocycles. The number of aromatic nitrogens is 1. The summed E-state index contributed by atoms with van der Waals surface area (Å²) in [5, 5.41) is 5.63. The number of hydrogen-bond donors (Lipinski definition) is 2. The lowest BCUT2D eigenvalue weighted by molar-refractivity contribution is -0.126. The maximum Gasteiger partial charge on any atom is 0.308 e. The Balaban J connectivity index is 1.52. The van der Waals surface area contributed by atoms with Crippen LogP contribution in [-0.4, -0.2) is 27.5 Å². The smallest absolute Gasteiger partial charge is 0.308 e. The number of halogens is 1. The Morgan fingerprint density at radius 3 is 2.47 bits per heavy atom. The Morgan fingerprint density at radius 1 is 1.03 bits per heavy atom. The Bertz CT molecular complexity index is 1290. The molecule has 3 heterocycles. The molecule has 3 amide bonds. The second-order valence-electron chi connectivity index (χ2n) is 7.48. The normalized spacial score (nSPS) is 21.6. The molecule has 2 aliphatic heterocycles. The van der Waals surface area contributed by atoms with E-state index in [0.717, 1.165) is 16.9 Å². The van der Waals surface area contributed by atoms with E-state index in [4.69, 9.17) is 11.6 Å². The number of amides is 3. The van der Waals surface area contributed by atoms with Crippen LogP contribution in [0.25, 0.3) is 0 Å². The Morgan fingerprint density at radius 2 is 1.75 bits per heavy atom. The number of hydrogen-bond acceptors (Lipinski definition) is 6. The zero-order valence-corrected chi connectivity index (χ0v) is 18.8. The minimum atomic E-state index is -0.653. The first kappa shape index (κ1) is 21.0. The van der Waals surface area contributed by atoms with Gasteiger partial charge in [-0.1, -0.05) is 65.0 Å². The van der Waals surface area contributed by atoms with Crippen LogP contribution in [0.2, 0.25) is 5.02 Å². The molecule has 7 nitrogen and oxygen atoms in total. The predicted molar refractivity (Wildman–Crippen MR) is 123 cm³/mol. The fourth-order valence-corrected chi connectivity index (χ4v) is 6.94. The first-order valence-electron chi connectivity index (χ1n) is 9.77. The third kappa shape index (κ3) is 3.66. The molecule has 2 N–H and O–H groups in total. The molecule has 3 atom stereocenters. The van der Waals surface area contributed by atoms with Crippen LogP contribution in [0.1, 0.15) is 16.4 Å². The standard InChI is InChI=1S/C22H16ClN3O4S2/c23-12-6-8-13(9-7-12)24-14(27)10-26-21-18(32-22(26)30)15(11-4-2-1-3-5-11)16-17(31-21)20(29)25-19(16)28/h1-9,15-17H,10H2,(H,24,27)(H,25,28,29). The Hall–Kier alpha value is -2.88. The van der Waals surface area contributed by atoms with Gasteiger partial charge in [0.1, 0.15) is 11.8 Å². The third-order valence-electron chi connectivity index (χ3n) is 5.48. The summed E-state index contributed by atoms with van der Waals surface area (Å²) < 4.78 is 1.39. The van der Waals surface area contributed by atoms with Crippen LogP contribution in [0.3, 0.4) is 0 Å². The molecular formula is C22H16ClN3O4S2. The lowest BCUT2D eigenvalue weighted by atomic mass is 9.83. The van der Waals surface area contributed by atoms with Crippen molar-refractivity contribution in [1.82, 2.24) is 9.88 Å². The van der Waals surface area contributed by atoms with Gasteiger partial charge in [0, 0.05) is 21.5 Å². The van der Waals surface area contributed by atoms with Gasteiger partial charge >= 0.3 is 4.87 Å². The summed E-state index contributed by atoms with van der Waals surface area (Å²) in [5.41, 5.74) is 1.42. The maximum atomic E-state index is 12.9. The van der Waals surface area contributed by atoms with E-state index in [2.05, 4.69) is 10.6 Å². The summed E-state index contributed by atoms with van der Waals surface area (Å²) >= 11 is 8.08. The average Bonchev–Trinajstić information content (AvgIpc) is 3.24. The second kappa shape index (κ2) is 8.23. The van der Waals surface area contributed by atoms with Crippen LogP contribution >= 0.6 is 34.7 Å². The number of benzene rings is 2. The maximum absolute atomic E-state index is 12.9. The summed E-state index contributed by atoms with van der Waals surface area (Å²) in [6.07, 6.45) is 0. The monoisotopic (exact) mass is 485 g/mol. The molecule has 1 aromatic heterocycles. The molecule has 2 aliphatic rings. The molecule has 10 heteroatoms. The molecule has 1 saturated heterocycles. The van der Waals surface area contributed by atoms with Crippen molar-refractivity contribution in [3.8, 4) is 0 Å². The molecule has 0 bridgehead atoms. The van der Waals surface area contributed by atoms with Crippen molar-refractivity contribution >= 4 is 58.1 Å². The second-order valence-corrected chi connectivity index (χ2v) is 10.0. The van der Waals surface area contributed by atoms with Gasteiger partial charge in [-0.05, 0) is 29.8 Å². The number of fused-ring (bicyclic) bond motifs is 2. The molecule has 0 aliphatic carbocycles. The van der Waals surface area contributed by atoms with Gasteiger partial charge in [-0.3, -0.25) is 29.1 Å². The van der Waals surface area contributed by atoms with Crippen molar-refractivity contribution in [3.05, 3.63) is 79.7 Å². The first-order chi connectivity index (χ1) is 15.4. The van der Waals surface area contributed by atoms with Crippen LogP contribution < -0.4 is 15.5 Å². The van der Waals surface area contributed by atoms with Gasteiger partial charge in [0.25, 0.3) is 0 Å². The first-order valence-corrected chi connectivity index (χ1v) is 11.8. The minimum absolute atomic E-state index is 0.200. The summed E-state index contributed by atoms with van der Waals surface area (Å²) in [5.74, 6) is -2.10. The van der Waals surface area contributed by atoms with Crippen LogP contribution in [0, 0.1) is 5.92 Å². The van der Waals surface area contributed by atoms with Crippen molar-refractivity contribution in [2.24, 2.45) is 5.92 Å². The molecule has 0 radical (unpaired) electrons. The lowest BCUT2D eigenvalue weighted by Gasteiger charge is -2.30. The van der Waals surface area contributed by atoms with E-state index in [0.29, 0.717) is 20.6 Å². The third-order valence-corrected chi connectivity index (χ3v) is 8.34. The molecular weight excluding hydrogens is 470 g/mol. The van der Waals surface area contributed by atoms with Crippen molar-refractivity contribution in [3.63, 3.8) is 0 Å². The molecule has 162 valence electrons. The number of thioether (sulfide) groups is 1. The van der Waals surface area contributed by atoms with Gasteiger partial charge in [-0.15, -0.1) is 0 Å². The van der Waals surface area contributed by atoms with E-state index in [1.807, 2.05) is 30.3 Å². The van der Waals surface area contributed by atoms with Gasteiger partial charge in [-0.2, -0.15) is 0 Å². The average molecular weight is 486 g/mol. The van der Waals surface area contributed by atoms with E-state index in [1.54, 1.807) is 24.3 Å². The minimum Gasteiger partial charge on any atom is -0.325 e. The highest BCUT2D eigenvalue weighted by Gasteiger charge is 2.52. The number of thiazole rings is 1. The zero-order valence-electron chi connectivity index (χ0n) is 16.4. The Labute approximate surface area is 195 Å². The molecule has 32 heavy (non-hydrogen) atoms. The van der Waals surface area contributed by atoms with Gasteiger partial charge in [-0.25, -0.2) is 0 Å². The van der Waals surface area contributed by atoms with Crippen LogP contribution in [0.4, 0.5) is 5.69 Å². The predicted octanol–water partition coefficient (Wildman–Crippen LogP) is 3.08. The van der Waals surface area contributed by atoms with E-state index in [1.165, 1.54) is 16.3 Å². The van der Waals surface area contributed by atoms with Gasteiger partial charge < -0.3 is 5.32 Å². The summed E-state index contributed by atoms with van der Waals surface area (Å²) in [6.45, 7) is -0.200. The fraction of sp³-hybridized carbons (Fsp3) is 0.182. The van der Waals surface area contributed by atoms with Gasteiger partial charge in [0.15, 0.2) is 0 Å². The molecule has 1 fully saturated rings. The number of nitrogens with one attached hydrogen (secondary N) is 2. The van der Waals surface area contributed by atoms with Gasteiger partial charge in [0.2, 0.25) is 17.7 Å². The highest BCUT2D eigenvalue weighted by Crippen LogP contribution is 2.51. The van der Waals surface area contributed by atoms with E-state index < -0.39 is 17.1 Å². The van der Waals surface area contributed by atoms with E-state index >= 15 is 0 Å². The van der Waals surface area contributed by atoms with E-state index in [9.17, 15) is 19.2 Å². The number of imide groups is 1. The quantitative estimate of drug-likeness (QED) is 0.553. The molecule has 0 spiro atoms. The highest BCUT2D eigenvalue weighted by atomic mass is 35.5. The number of anilines is 1. The van der Waals surface area contributed by atoms with E-state index in [-0.39, 0.29) is 29.1 Å². The Kier molecular flexibility index (Phi) is 5.40. The molecule has 0 saturated carbocycles. The van der Waals surface area contributed by atoms with Crippen molar-refractivity contribution in [1.29, 1.82) is 0 Å².